The number of anilines is 1. The second-order valence-corrected chi connectivity index (χ2v) is 8.71. The SMILES string of the molecule is O=S(=O)(NCCCN1CCN(c2ccccc2)CC1)c1cccc(C(F)(F)F)c1. The van der Waals surface area contributed by atoms with E-state index in [-0.39, 0.29) is 11.4 Å². The van der Waals surface area contributed by atoms with Crippen LogP contribution >= 0.6 is 0 Å². The molecule has 1 fully saturated rings. The number of para-hydroxylation sites is 1. The summed E-state index contributed by atoms with van der Waals surface area (Å²) in [6.45, 7) is 4.48. The Morgan fingerprint density at radius 1 is 0.931 bits per heavy atom. The van der Waals surface area contributed by atoms with Crippen LogP contribution in [-0.4, -0.2) is 52.6 Å². The van der Waals surface area contributed by atoms with Gasteiger partial charge in [-0.3, -0.25) is 4.90 Å². The molecule has 0 aromatic heterocycles. The van der Waals surface area contributed by atoms with Gasteiger partial charge in [0.15, 0.2) is 0 Å². The maximum atomic E-state index is 12.8. The fourth-order valence-corrected chi connectivity index (χ4v) is 4.42. The van der Waals surface area contributed by atoms with E-state index in [4.69, 9.17) is 0 Å². The highest BCUT2D eigenvalue weighted by molar-refractivity contribution is 7.89. The summed E-state index contributed by atoms with van der Waals surface area (Å²) in [6, 6.07) is 14.0. The molecule has 29 heavy (non-hydrogen) atoms. The third-order valence-electron chi connectivity index (χ3n) is 4.91. The first kappa shape index (κ1) is 21.6. The molecule has 1 aliphatic heterocycles. The summed E-state index contributed by atoms with van der Waals surface area (Å²) in [6.07, 6.45) is -3.99. The predicted molar refractivity (Wildman–Crippen MR) is 106 cm³/mol. The van der Waals surface area contributed by atoms with Crippen LogP contribution in [0.2, 0.25) is 0 Å². The minimum Gasteiger partial charge on any atom is -0.369 e. The van der Waals surface area contributed by atoms with Gasteiger partial charge in [-0.15, -0.1) is 0 Å². The molecule has 0 unspecified atom stereocenters. The number of nitrogens with zero attached hydrogens (tertiary/aromatic N) is 2. The lowest BCUT2D eigenvalue weighted by Gasteiger charge is -2.36. The van der Waals surface area contributed by atoms with Crippen LogP contribution in [-0.2, 0) is 16.2 Å². The van der Waals surface area contributed by atoms with Gasteiger partial charge in [-0.1, -0.05) is 24.3 Å². The molecular weight excluding hydrogens is 403 g/mol. The average molecular weight is 427 g/mol. The molecule has 0 radical (unpaired) electrons. The summed E-state index contributed by atoms with van der Waals surface area (Å²) in [5.74, 6) is 0. The van der Waals surface area contributed by atoms with Gasteiger partial charge in [0, 0.05) is 38.4 Å². The van der Waals surface area contributed by atoms with Crippen molar-refractivity contribution in [1.29, 1.82) is 0 Å². The smallest absolute Gasteiger partial charge is 0.369 e. The van der Waals surface area contributed by atoms with E-state index in [1.165, 1.54) is 11.8 Å². The van der Waals surface area contributed by atoms with Gasteiger partial charge in [0.05, 0.1) is 10.5 Å². The molecular formula is C20H24F3N3O2S. The number of nitrogens with one attached hydrogen (secondary N) is 1. The molecule has 0 amide bonds. The summed E-state index contributed by atoms with van der Waals surface area (Å²) in [5.41, 5.74) is 0.220. The Hall–Kier alpha value is -2.10. The molecule has 1 heterocycles. The minimum atomic E-state index is -4.58. The Labute approximate surface area is 169 Å². The van der Waals surface area contributed by atoms with Crippen molar-refractivity contribution in [3.63, 3.8) is 0 Å². The third kappa shape index (κ3) is 5.94. The number of hydrogen-bond donors (Lipinski definition) is 1. The molecule has 0 bridgehead atoms. The predicted octanol–water partition coefficient (Wildman–Crippen LogP) is 3.20. The highest BCUT2D eigenvalue weighted by Gasteiger charge is 2.31. The second-order valence-electron chi connectivity index (χ2n) is 6.94. The zero-order chi connectivity index (χ0) is 20.9. The van der Waals surface area contributed by atoms with E-state index in [1.54, 1.807) is 0 Å². The molecule has 0 atom stereocenters. The highest BCUT2D eigenvalue weighted by Crippen LogP contribution is 2.30. The molecule has 0 aliphatic carbocycles. The number of rotatable bonds is 7. The highest BCUT2D eigenvalue weighted by atomic mass is 32.2. The molecule has 0 saturated carbocycles. The fraction of sp³-hybridized carbons (Fsp3) is 0.400. The number of sulfonamides is 1. The lowest BCUT2D eigenvalue weighted by atomic mass is 10.2. The van der Waals surface area contributed by atoms with Crippen molar-refractivity contribution in [3.05, 3.63) is 60.2 Å². The molecule has 1 aliphatic rings. The van der Waals surface area contributed by atoms with E-state index < -0.39 is 21.8 Å². The van der Waals surface area contributed by atoms with E-state index in [2.05, 4.69) is 26.7 Å². The van der Waals surface area contributed by atoms with E-state index >= 15 is 0 Å². The molecule has 2 aromatic rings. The summed E-state index contributed by atoms with van der Waals surface area (Å²) in [4.78, 5) is 4.20. The van der Waals surface area contributed by atoms with Gasteiger partial charge in [0.1, 0.15) is 0 Å². The lowest BCUT2D eigenvalue weighted by Crippen LogP contribution is -2.47. The van der Waals surface area contributed by atoms with Crippen molar-refractivity contribution in [2.24, 2.45) is 0 Å². The Balaban J connectivity index is 1.44. The van der Waals surface area contributed by atoms with Crippen LogP contribution in [0.15, 0.2) is 59.5 Å². The van der Waals surface area contributed by atoms with Crippen molar-refractivity contribution in [3.8, 4) is 0 Å². The Bertz CT molecular complexity index is 897. The zero-order valence-corrected chi connectivity index (χ0v) is 16.7. The van der Waals surface area contributed by atoms with Gasteiger partial charge >= 0.3 is 6.18 Å². The molecule has 9 heteroatoms. The molecule has 1 N–H and O–H groups in total. The Morgan fingerprint density at radius 3 is 2.28 bits per heavy atom. The van der Waals surface area contributed by atoms with Crippen molar-refractivity contribution >= 4 is 15.7 Å². The van der Waals surface area contributed by atoms with Crippen LogP contribution in [0, 0.1) is 0 Å². The molecule has 5 nitrogen and oxygen atoms in total. The van der Waals surface area contributed by atoms with Crippen LogP contribution in [0.3, 0.4) is 0 Å². The number of halogens is 3. The second kappa shape index (κ2) is 9.15. The quantitative estimate of drug-likeness (QED) is 0.690. The van der Waals surface area contributed by atoms with Crippen LogP contribution in [0.5, 0.6) is 0 Å². The summed E-state index contributed by atoms with van der Waals surface area (Å²) < 4.78 is 65.3. The van der Waals surface area contributed by atoms with Crippen LogP contribution in [0.25, 0.3) is 0 Å². The zero-order valence-electron chi connectivity index (χ0n) is 15.9. The average Bonchev–Trinajstić information content (AvgIpc) is 2.72. The number of alkyl halides is 3. The monoisotopic (exact) mass is 427 g/mol. The topological polar surface area (TPSA) is 52.7 Å². The maximum absolute atomic E-state index is 12.8. The summed E-state index contributed by atoms with van der Waals surface area (Å²) >= 11 is 0. The first-order chi connectivity index (χ1) is 13.8. The fourth-order valence-electron chi connectivity index (χ4n) is 3.30. The summed E-state index contributed by atoms with van der Waals surface area (Å²) in [7, 11) is -3.97. The van der Waals surface area contributed by atoms with Gasteiger partial charge in [0.2, 0.25) is 10.0 Å². The molecule has 3 rings (SSSR count). The van der Waals surface area contributed by atoms with Gasteiger partial charge in [-0.2, -0.15) is 13.2 Å². The van der Waals surface area contributed by atoms with Gasteiger partial charge < -0.3 is 4.90 Å². The van der Waals surface area contributed by atoms with E-state index in [0.29, 0.717) is 12.5 Å². The minimum absolute atomic E-state index is 0.178. The van der Waals surface area contributed by atoms with Crippen molar-refractivity contribution in [2.75, 3.05) is 44.2 Å². The number of hydrogen-bond acceptors (Lipinski definition) is 4. The summed E-state index contributed by atoms with van der Waals surface area (Å²) in [5, 5.41) is 0. The first-order valence-electron chi connectivity index (χ1n) is 9.45. The molecule has 0 spiro atoms. The van der Waals surface area contributed by atoms with Gasteiger partial charge in [-0.05, 0) is 43.3 Å². The Morgan fingerprint density at radius 2 is 1.62 bits per heavy atom. The van der Waals surface area contributed by atoms with Gasteiger partial charge in [0.25, 0.3) is 0 Å². The van der Waals surface area contributed by atoms with Crippen LogP contribution in [0.1, 0.15) is 12.0 Å². The van der Waals surface area contributed by atoms with E-state index in [9.17, 15) is 21.6 Å². The first-order valence-corrected chi connectivity index (χ1v) is 10.9. The largest absolute Gasteiger partial charge is 0.416 e. The van der Waals surface area contributed by atoms with Crippen molar-refractivity contribution < 1.29 is 21.6 Å². The third-order valence-corrected chi connectivity index (χ3v) is 6.37. The van der Waals surface area contributed by atoms with Crippen molar-refractivity contribution in [1.82, 2.24) is 9.62 Å². The molecule has 158 valence electrons. The maximum Gasteiger partial charge on any atom is 0.416 e. The lowest BCUT2D eigenvalue weighted by molar-refractivity contribution is -0.137. The van der Waals surface area contributed by atoms with Crippen LogP contribution < -0.4 is 9.62 Å². The van der Waals surface area contributed by atoms with Crippen LogP contribution in [0.4, 0.5) is 18.9 Å². The molecule has 1 saturated heterocycles. The molecule has 2 aromatic carbocycles. The van der Waals surface area contributed by atoms with Gasteiger partial charge in [-0.25, -0.2) is 13.1 Å². The van der Waals surface area contributed by atoms with E-state index in [1.807, 2.05) is 18.2 Å². The normalized spacial score (nSPS) is 16.2. The Kier molecular flexibility index (Phi) is 6.81. The van der Waals surface area contributed by atoms with E-state index in [0.717, 1.165) is 44.9 Å². The number of piperazine rings is 1. The number of benzene rings is 2. The van der Waals surface area contributed by atoms with Crippen molar-refractivity contribution in [2.45, 2.75) is 17.5 Å². The standard InChI is InChI=1S/C20H24F3N3O2S/c21-20(22,23)17-6-4-9-19(16-17)29(27,28)24-10-5-11-25-12-14-26(15-13-25)18-7-2-1-3-8-18/h1-4,6-9,16,24H,5,10-15H2.